The summed E-state index contributed by atoms with van der Waals surface area (Å²) in [6.45, 7) is 1.85. The predicted molar refractivity (Wildman–Crippen MR) is 78.0 cm³/mol. The van der Waals surface area contributed by atoms with Gasteiger partial charge in [0.2, 0.25) is 0 Å². The molecule has 0 bridgehead atoms. The van der Waals surface area contributed by atoms with Crippen molar-refractivity contribution in [2.45, 2.75) is 32.2 Å². The first kappa shape index (κ1) is 13.8. The standard InChI is InChI=1S/C15H15BrF2N2/c1-8-5-10-13(19)3-2-4-14(10)20(8)15-11(17)6-9(16)7-12(15)18/h5-7,13H,2-4,19H2,1H3. The first-order valence-electron chi connectivity index (χ1n) is 6.60. The van der Waals surface area contributed by atoms with Crippen LogP contribution in [0.15, 0.2) is 22.7 Å². The summed E-state index contributed by atoms with van der Waals surface area (Å²) in [7, 11) is 0. The number of halogens is 3. The molecule has 1 aromatic carbocycles. The molecule has 0 radical (unpaired) electrons. The number of nitrogens with zero attached hydrogens (tertiary/aromatic N) is 1. The molecule has 106 valence electrons. The summed E-state index contributed by atoms with van der Waals surface area (Å²) in [4.78, 5) is 0. The first-order valence-corrected chi connectivity index (χ1v) is 7.40. The molecule has 0 fully saturated rings. The fraction of sp³-hybridized carbons (Fsp3) is 0.333. The molecule has 20 heavy (non-hydrogen) atoms. The van der Waals surface area contributed by atoms with Crippen LogP contribution in [0, 0.1) is 18.6 Å². The van der Waals surface area contributed by atoms with Gasteiger partial charge in [-0.2, -0.15) is 0 Å². The monoisotopic (exact) mass is 340 g/mol. The van der Waals surface area contributed by atoms with Gasteiger partial charge in [0.05, 0.1) is 0 Å². The largest absolute Gasteiger partial charge is 0.324 e. The van der Waals surface area contributed by atoms with Gasteiger partial charge in [-0.25, -0.2) is 8.78 Å². The molecule has 0 saturated carbocycles. The van der Waals surface area contributed by atoms with Crippen molar-refractivity contribution in [1.29, 1.82) is 0 Å². The molecule has 1 aliphatic carbocycles. The Balaban J connectivity index is 2.26. The SMILES string of the molecule is Cc1cc2c(n1-c1c(F)cc(Br)cc1F)CCCC2N. The van der Waals surface area contributed by atoms with Crippen LogP contribution in [-0.2, 0) is 6.42 Å². The van der Waals surface area contributed by atoms with E-state index in [1.165, 1.54) is 12.1 Å². The van der Waals surface area contributed by atoms with E-state index < -0.39 is 11.6 Å². The van der Waals surface area contributed by atoms with E-state index in [1.54, 1.807) is 4.57 Å². The average Bonchev–Trinajstić information content (AvgIpc) is 2.67. The normalized spacial score (nSPS) is 18.1. The van der Waals surface area contributed by atoms with E-state index in [1.807, 2.05) is 13.0 Å². The van der Waals surface area contributed by atoms with Crippen molar-refractivity contribution in [2.75, 3.05) is 0 Å². The second-order valence-corrected chi connectivity index (χ2v) is 6.16. The van der Waals surface area contributed by atoms with Crippen LogP contribution in [0.2, 0.25) is 0 Å². The van der Waals surface area contributed by atoms with Crippen LogP contribution in [0.5, 0.6) is 0 Å². The van der Waals surface area contributed by atoms with E-state index in [9.17, 15) is 8.78 Å². The number of aryl methyl sites for hydroxylation is 1. The van der Waals surface area contributed by atoms with Crippen LogP contribution in [0.25, 0.3) is 5.69 Å². The maximum Gasteiger partial charge on any atom is 0.151 e. The highest BCUT2D eigenvalue weighted by Gasteiger charge is 2.25. The summed E-state index contributed by atoms with van der Waals surface area (Å²) in [5.74, 6) is -1.14. The maximum atomic E-state index is 14.2. The van der Waals surface area contributed by atoms with Crippen molar-refractivity contribution in [1.82, 2.24) is 4.57 Å². The quantitative estimate of drug-likeness (QED) is 0.830. The number of rotatable bonds is 1. The molecule has 0 saturated heterocycles. The molecule has 5 heteroatoms. The molecule has 2 N–H and O–H groups in total. The molecule has 1 atom stereocenters. The Hall–Kier alpha value is -1.20. The molecule has 0 amide bonds. The van der Waals surface area contributed by atoms with Crippen LogP contribution in [0.3, 0.4) is 0 Å². The molecule has 0 spiro atoms. The van der Waals surface area contributed by atoms with E-state index in [-0.39, 0.29) is 11.7 Å². The van der Waals surface area contributed by atoms with Gasteiger partial charge in [0, 0.05) is 21.9 Å². The minimum atomic E-state index is -0.572. The minimum absolute atomic E-state index is 0.0129. The van der Waals surface area contributed by atoms with Gasteiger partial charge < -0.3 is 10.3 Å². The molecule has 1 unspecified atom stereocenters. The van der Waals surface area contributed by atoms with Crippen molar-refractivity contribution in [2.24, 2.45) is 5.73 Å². The Labute approximate surface area is 124 Å². The van der Waals surface area contributed by atoms with Crippen LogP contribution >= 0.6 is 15.9 Å². The van der Waals surface area contributed by atoms with E-state index in [4.69, 9.17) is 5.73 Å². The summed E-state index contributed by atoms with van der Waals surface area (Å²) in [5, 5.41) is 0. The number of hydrogen-bond donors (Lipinski definition) is 1. The van der Waals surface area contributed by atoms with Gasteiger partial charge in [-0.3, -0.25) is 0 Å². The lowest BCUT2D eigenvalue weighted by atomic mass is 9.93. The molecule has 1 aromatic heterocycles. The molecular formula is C15H15BrF2N2. The highest BCUT2D eigenvalue weighted by Crippen LogP contribution is 2.34. The summed E-state index contributed by atoms with van der Waals surface area (Å²) in [6, 6.07) is 4.47. The molecule has 1 aliphatic rings. The third-order valence-electron chi connectivity index (χ3n) is 3.85. The predicted octanol–water partition coefficient (Wildman–Crippen LogP) is 4.16. The summed E-state index contributed by atoms with van der Waals surface area (Å²) < 4.78 is 30.5. The Kier molecular flexibility index (Phi) is 3.42. The Morgan fingerprint density at radius 1 is 1.25 bits per heavy atom. The average molecular weight is 341 g/mol. The second kappa shape index (κ2) is 4.97. The molecule has 1 heterocycles. The molecule has 2 nitrogen and oxygen atoms in total. The summed E-state index contributed by atoms with van der Waals surface area (Å²) >= 11 is 3.10. The van der Waals surface area contributed by atoms with E-state index in [2.05, 4.69) is 15.9 Å². The molecule has 2 aromatic rings. The molecular weight excluding hydrogens is 326 g/mol. The van der Waals surface area contributed by atoms with Crippen molar-refractivity contribution >= 4 is 15.9 Å². The van der Waals surface area contributed by atoms with Crippen LogP contribution in [0.1, 0.15) is 35.8 Å². The number of fused-ring (bicyclic) bond motifs is 1. The third-order valence-corrected chi connectivity index (χ3v) is 4.31. The van der Waals surface area contributed by atoms with Gasteiger partial charge in [0.25, 0.3) is 0 Å². The van der Waals surface area contributed by atoms with E-state index >= 15 is 0 Å². The van der Waals surface area contributed by atoms with Crippen LogP contribution in [-0.4, -0.2) is 4.57 Å². The fourth-order valence-electron chi connectivity index (χ4n) is 3.00. The Morgan fingerprint density at radius 3 is 2.55 bits per heavy atom. The van der Waals surface area contributed by atoms with Crippen LogP contribution < -0.4 is 5.73 Å². The number of hydrogen-bond acceptors (Lipinski definition) is 1. The highest BCUT2D eigenvalue weighted by molar-refractivity contribution is 9.10. The van der Waals surface area contributed by atoms with Gasteiger partial charge in [-0.15, -0.1) is 0 Å². The van der Waals surface area contributed by atoms with Crippen molar-refractivity contribution < 1.29 is 8.78 Å². The zero-order valence-corrected chi connectivity index (χ0v) is 12.7. The summed E-state index contributed by atoms with van der Waals surface area (Å²) in [6.07, 6.45) is 2.66. The van der Waals surface area contributed by atoms with Crippen molar-refractivity contribution in [3.8, 4) is 5.69 Å². The number of nitrogens with two attached hydrogens (primary N) is 1. The van der Waals surface area contributed by atoms with Crippen molar-refractivity contribution in [3.05, 3.63) is 51.3 Å². The Bertz CT molecular complexity index is 656. The lowest BCUT2D eigenvalue weighted by Gasteiger charge is -2.21. The van der Waals surface area contributed by atoms with Gasteiger partial charge in [-0.05, 0) is 49.9 Å². The van der Waals surface area contributed by atoms with E-state index in [0.717, 1.165) is 36.2 Å². The van der Waals surface area contributed by atoms with Gasteiger partial charge >= 0.3 is 0 Å². The Morgan fingerprint density at radius 2 is 1.90 bits per heavy atom. The topological polar surface area (TPSA) is 30.9 Å². The zero-order valence-electron chi connectivity index (χ0n) is 11.1. The smallest absolute Gasteiger partial charge is 0.151 e. The van der Waals surface area contributed by atoms with Gasteiger partial charge in [0.15, 0.2) is 11.6 Å². The molecule has 3 rings (SSSR count). The van der Waals surface area contributed by atoms with Gasteiger partial charge in [-0.1, -0.05) is 15.9 Å². The van der Waals surface area contributed by atoms with Crippen LogP contribution in [0.4, 0.5) is 8.78 Å². The third kappa shape index (κ3) is 2.09. The number of aromatic nitrogens is 1. The van der Waals surface area contributed by atoms with Crippen molar-refractivity contribution in [3.63, 3.8) is 0 Å². The van der Waals surface area contributed by atoms with E-state index in [0.29, 0.717) is 4.47 Å². The number of benzene rings is 1. The lowest BCUT2D eigenvalue weighted by molar-refractivity contribution is 0.540. The zero-order chi connectivity index (χ0) is 14.4. The van der Waals surface area contributed by atoms with Gasteiger partial charge in [0.1, 0.15) is 5.69 Å². The molecule has 0 aliphatic heterocycles. The second-order valence-electron chi connectivity index (χ2n) is 5.24. The summed E-state index contributed by atoms with van der Waals surface area (Å²) in [5.41, 5.74) is 8.84. The first-order chi connectivity index (χ1) is 9.49. The fourth-order valence-corrected chi connectivity index (χ4v) is 3.40. The minimum Gasteiger partial charge on any atom is -0.324 e. The lowest BCUT2D eigenvalue weighted by Crippen LogP contribution is -2.18. The maximum absolute atomic E-state index is 14.2. The highest BCUT2D eigenvalue weighted by atomic mass is 79.9.